The van der Waals surface area contributed by atoms with Gasteiger partial charge in [0.15, 0.2) is 0 Å². The van der Waals surface area contributed by atoms with Gasteiger partial charge >= 0.3 is 58.2 Å². The van der Waals surface area contributed by atoms with Gasteiger partial charge in [-0.15, -0.1) is 12.7 Å². The van der Waals surface area contributed by atoms with Gasteiger partial charge in [0.1, 0.15) is 0 Å². The van der Waals surface area contributed by atoms with E-state index in [9.17, 15) is 0 Å². The molecule has 0 aliphatic heterocycles. The smallest absolute Gasteiger partial charge is 0.687 e. The Kier molecular flexibility index (Phi) is 14.1. The molecule has 0 bridgehead atoms. The first-order chi connectivity index (χ1) is 4.93. The Labute approximate surface area is 118 Å². The van der Waals surface area contributed by atoms with Crippen LogP contribution in [0.15, 0.2) is 30.3 Å². The van der Waals surface area contributed by atoms with Gasteiger partial charge in [0.25, 0.3) is 0 Å². The number of benzene rings is 1. The van der Waals surface area contributed by atoms with E-state index in [1.807, 2.05) is 44.2 Å². The fourth-order valence-corrected chi connectivity index (χ4v) is 0.577. The molecule has 1 nitrogen and oxygen atoms in total. The first kappa shape index (κ1) is 14.4. The predicted octanol–water partition coefficient (Wildman–Crippen LogP) is 0.352. The Hall–Kier alpha value is 0.825. The van der Waals surface area contributed by atoms with Gasteiger partial charge in [0.05, 0.1) is 0 Å². The van der Waals surface area contributed by atoms with Crippen LogP contribution in [0.5, 0.6) is 0 Å². The molecule has 0 heterocycles. The molecule has 1 aromatic carbocycles. The van der Waals surface area contributed by atoms with Gasteiger partial charge in [-0.3, -0.25) is 0 Å². The molecule has 0 aliphatic carbocycles. The van der Waals surface area contributed by atoms with Crippen molar-refractivity contribution in [2.75, 3.05) is 7.05 Å². The minimum atomic E-state index is 0. The molecule has 2 heteroatoms. The van der Waals surface area contributed by atoms with Gasteiger partial charge < -0.3 is 5.32 Å². The first-order valence-corrected chi connectivity index (χ1v) is 3.58. The molecule has 56 valence electrons. The average molecular weight is 222 g/mol. The molecular weight excluding hydrogens is 208 g/mol. The van der Waals surface area contributed by atoms with Crippen LogP contribution in [0.3, 0.4) is 0 Å². The van der Waals surface area contributed by atoms with Crippen molar-refractivity contribution in [2.45, 2.75) is 13.8 Å². The molecule has 1 aromatic rings. The van der Waals surface area contributed by atoms with Crippen molar-refractivity contribution in [2.24, 2.45) is 0 Å². The zero-order chi connectivity index (χ0) is 7.82. The second-order valence-electron chi connectivity index (χ2n) is 1.56. The summed E-state index contributed by atoms with van der Waals surface area (Å²) in [5, 5.41) is 3.97. The van der Waals surface area contributed by atoms with Crippen LogP contribution >= 0.6 is 0 Å². The quantitative estimate of drug-likeness (QED) is 0.650. The molecule has 1 rings (SSSR count). The molecule has 0 amide bonds. The molecule has 0 saturated carbocycles. The van der Waals surface area contributed by atoms with Crippen molar-refractivity contribution in [3.63, 3.8) is 0 Å². The van der Waals surface area contributed by atoms with Crippen LogP contribution in [0.1, 0.15) is 13.8 Å². The summed E-state index contributed by atoms with van der Waals surface area (Å²) in [4.78, 5) is 0. The van der Waals surface area contributed by atoms with E-state index in [0.717, 1.165) is 5.69 Å². The Morgan fingerprint density at radius 3 is 1.73 bits per heavy atom. The topological polar surface area (TPSA) is 14.1 Å². The van der Waals surface area contributed by atoms with Crippen molar-refractivity contribution in [1.82, 2.24) is 0 Å². The van der Waals surface area contributed by atoms with Crippen LogP contribution < -0.4 is 58.2 Å². The Morgan fingerprint density at radius 1 is 1.00 bits per heavy atom. The standard InChI is InChI=1S/C7H8N.C2H6.Rb/c1-8-7-5-3-2-4-6-7;1-2;/h2-6H,1H3;1-2H3;/q-1;;+1. The third-order valence-electron chi connectivity index (χ3n) is 1.01. The molecule has 0 aliphatic rings. The number of rotatable bonds is 1. The number of nitrogens with zero attached hydrogens (tertiary/aromatic N) is 1. The summed E-state index contributed by atoms with van der Waals surface area (Å²) in [7, 11) is 1.79. The summed E-state index contributed by atoms with van der Waals surface area (Å²) >= 11 is 0. The molecule has 0 unspecified atom stereocenters. The van der Waals surface area contributed by atoms with Crippen molar-refractivity contribution < 1.29 is 58.2 Å². The van der Waals surface area contributed by atoms with Crippen molar-refractivity contribution in [3.8, 4) is 0 Å². The van der Waals surface area contributed by atoms with Gasteiger partial charge in [0.2, 0.25) is 0 Å². The van der Waals surface area contributed by atoms with E-state index in [1.165, 1.54) is 0 Å². The molecule has 0 radical (unpaired) electrons. The molecule has 0 fully saturated rings. The SMILES string of the molecule is CC.C[N-]c1ccccc1.[Rb+]. The maximum Gasteiger partial charge on any atom is 1.00 e. The van der Waals surface area contributed by atoms with Gasteiger partial charge in [-0.2, -0.15) is 0 Å². The molecule has 0 saturated heterocycles. The maximum atomic E-state index is 3.97. The number of para-hydroxylation sites is 1. The summed E-state index contributed by atoms with van der Waals surface area (Å²) in [6, 6.07) is 9.87. The molecule has 0 aromatic heterocycles. The average Bonchev–Trinajstić information content (AvgIpc) is 2.10. The van der Waals surface area contributed by atoms with E-state index in [0.29, 0.717) is 0 Å². The summed E-state index contributed by atoms with van der Waals surface area (Å²) < 4.78 is 0. The minimum Gasteiger partial charge on any atom is -0.687 e. The van der Waals surface area contributed by atoms with Crippen molar-refractivity contribution in [1.29, 1.82) is 0 Å². The normalized spacial score (nSPS) is 6.82. The predicted molar refractivity (Wildman–Crippen MR) is 46.7 cm³/mol. The maximum absolute atomic E-state index is 3.97. The molecule has 11 heavy (non-hydrogen) atoms. The third kappa shape index (κ3) is 7.19. The molecule has 0 atom stereocenters. The van der Waals surface area contributed by atoms with Gasteiger partial charge in [0, 0.05) is 0 Å². The van der Waals surface area contributed by atoms with Crippen LogP contribution in [0.2, 0.25) is 0 Å². The summed E-state index contributed by atoms with van der Waals surface area (Å²) in [6.07, 6.45) is 0. The van der Waals surface area contributed by atoms with Crippen LogP contribution in [0.25, 0.3) is 5.32 Å². The van der Waals surface area contributed by atoms with Crippen LogP contribution in [0.4, 0.5) is 5.69 Å². The van der Waals surface area contributed by atoms with Gasteiger partial charge in [-0.25, -0.2) is 0 Å². The van der Waals surface area contributed by atoms with E-state index in [-0.39, 0.29) is 58.2 Å². The summed E-state index contributed by atoms with van der Waals surface area (Å²) in [5.41, 5.74) is 1.03. The van der Waals surface area contributed by atoms with Crippen molar-refractivity contribution in [3.05, 3.63) is 35.6 Å². The van der Waals surface area contributed by atoms with Crippen LogP contribution in [0, 0.1) is 0 Å². The second-order valence-corrected chi connectivity index (χ2v) is 1.56. The Morgan fingerprint density at radius 2 is 1.45 bits per heavy atom. The Bertz CT molecular complexity index is 151. The Balaban J connectivity index is 0. The largest absolute Gasteiger partial charge is 1.00 e. The van der Waals surface area contributed by atoms with Crippen LogP contribution in [-0.2, 0) is 0 Å². The van der Waals surface area contributed by atoms with Crippen molar-refractivity contribution >= 4 is 5.69 Å². The zero-order valence-corrected chi connectivity index (χ0v) is 12.8. The van der Waals surface area contributed by atoms with E-state index in [2.05, 4.69) is 5.32 Å². The van der Waals surface area contributed by atoms with E-state index in [1.54, 1.807) is 7.05 Å². The number of hydrogen-bond donors (Lipinski definition) is 0. The van der Waals surface area contributed by atoms with E-state index >= 15 is 0 Å². The van der Waals surface area contributed by atoms with E-state index in [4.69, 9.17) is 0 Å². The molecule has 0 N–H and O–H groups in total. The fraction of sp³-hybridized carbons (Fsp3) is 0.333. The van der Waals surface area contributed by atoms with E-state index < -0.39 is 0 Å². The monoisotopic (exact) mass is 221 g/mol. The second kappa shape index (κ2) is 10.8. The fourth-order valence-electron chi connectivity index (χ4n) is 0.577. The number of hydrogen-bond acceptors (Lipinski definition) is 0. The summed E-state index contributed by atoms with van der Waals surface area (Å²) in [5.74, 6) is 0. The zero-order valence-electron chi connectivity index (χ0n) is 7.83. The van der Waals surface area contributed by atoms with Gasteiger partial charge in [-0.05, 0) is 0 Å². The first-order valence-electron chi connectivity index (χ1n) is 3.58. The third-order valence-corrected chi connectivity index (χ3v) is 1.01. The summed E-state index contributed by atoms with van der Waals surface area (Å²) in [6.45, 7) is 4.00. The van der Waals surface area contributed by atoms with Gasteiger partial charge in [-0.1, -0.05) is 44.2 Å². The minimum absolute atomic E-state index is 0. The molecule has 0 spiro atoms. The van der Waals surface area contributed by atoms with Crippen LogP contribution in [-0.4, -0.2) is 7.05 Å². The molecular formula is C9H14NRb.